The first-order chi connectivity index (χ1) is 8.25. The van der Waals surface area contributed by atoms with E-state index in [-0.39, 0.29) is 18.1 Å². The average Bonchev–Trinajstić information content (AvgIpc) is 2.71. The molecule has 3 atom stereocenters. The summed E-state index contributed by atoms with van der Waals surface area (Å²) in [5, 5.41) is 16.3. The predicted octanol–water partition coefficient (Wildman–Crippen LogP) is 0.938. The van der Waals surface area contributed by atoms with Gasteiger partial charge in [-0.1, -0.05) is 19.3 Å². The zero-order valence-corrected chi connectivity index (χ0v) is 10.5. The highest BCUT2D eigenvalue weighted by Gasteiger charge is 2.24. The number of aliphatic hydroxyl groups is 1. The largest absolute Gasteiger partial charge is 0.391 e. The van der Waals surface area contributed by atoms with Crippen molar-refractivity contribution in [1.82, 2.24) is 10.6 Å². The lowest BCUT2D eigenvalue weighted by atomic mass is 10.1. The molecule has 98 valence electrons. The van der Waals surface area contributed by atoms with Crippen molar-refractivity contribution < 1.29 is 9.90 Å². The van der Waals surface area contributed by atoms with E-state index in [1.165, 1.54) is 12.8 Å². The van der Waals surface area contributed by atoms with Crippen LogP contribution in [0.4, 0.5) is 0 Å². The number of aliphatic hydroxyl groups excluding tert-OH is 1. The van der Waals surface area contributed by atoms with Crippen LogP contribution in [0.2, 0.25) is 0 Å². The minimum Gasteiger partial charge on any atom is -0.391 e. The molecular weight excluding hydrogens is 216 g/mol. The molecule has 2 aliphatic rings. The van der Waals surface area contributed by atoms with E-state index < -0.39 is 0 Å². The molecule has 3 unspecified atom stereocenters. The Morgan fingerprint density at radius 2 is 2.00 bits per heavy atom. The second kappa shape index (κ2) is 6.36. The van der Waals surface area contributed by atoms with Crippen LogP contribution in [0.25, 0.3) is 0 Å². The topological polar surface area (TPSA) is 61.4 Å². The summed E-state index contributed by atoms with van der Waals surface area (Å²) in [6, 6.07) is 0.323. The fourth-order valence-electron chi connectivity index (χ4n) is 2.88. The number of rotatable bonds is 3. The lowest BCUT2D eigenvalue weighted by molar-refractivity contribution is -0.123. The van der Waals surface area contributed by atoms with Crippen LogP contribution in [0.3, 0.4) is 0 Å². The van der Waals surface area contributed by atoms with Crippen molar-refractivity contribution in [3.8, 4) is 0 Å². The van der Waals surface area contributed by atoms with E-state index >= 15 is 0 Å². The van der Waals surface area contributed by atoms with Crippen LogP contribution < -0.4 is 10.6 Å². The fourth-order valence-corrected chi connectivity index (χ4v) is 2.88. The molecule has 0 radical (unpaired) electrons. The van der Waals surface area contributed by atoms with Crippen LogP contribution in [0.5, 0.6) is 0 Å². The Morgan fingerprint density at radius 3 is 2.76 bits per heavy atom. The second-order valence-electron chi connectivity index (χ2n) is 5.38. The zero-order chi connectivity index (χ0) is 12.1. The molecular formula is C13H24N2O2. The number of nitrogens with one attached hydrogen (secondary N) is 2. The summed E-state index contributed by atoms with van der Waals surface area (Å²) in [7, 11) is 0. The van der Waals surface area contributed by atoms with Crippen LogP contribution in [-0.4, -0.2) is 35.7 Å². The molecule has 2 rings (SSSR count). The third-order valence-corrected chi connectivity index (χ3v) is 3.92. The minimum absolute atomic E-state index is 0.0218. The van der Waals surface area contributed by atoms with Crippen molar-refractivity contribution in [3.63, 3.8) is 0 Å². The van der Waals surface area contributed by atoms with Crippen LogP contribution in [0, 0.1) is 0 Å². The van der Waals surface area contributed by atoms with Crippen molar-refractivity contribution >= 4 is 5.91 Å². The number of carbonyl (C=O) groups excluding carboxylic acids is 1. The van der Waals surface area contributed by atoms with Crippen molar-refractivity contribution in [3.05, 3.63) is 0 Å². The molecule has 0 bridgehead atoms. The monoisotopic (exact) mass is 240 g/mol. The van der Waals surface area contributed by atoms with Crippen molar-refractivity contribution in [2.45, 2.75) is 69.6 Å². The Bertz CT molecular complexity index is 252. The minimum atomic E-state index is -0.349. The van der Waals surface area contributed by atoms with Crippen molar-refractivity contribution in [2.24, 2.45) is 0 Å². The highest BCUT2D eigenvalue weighted by atomic mass is 16.3. The predicted molar refractivity (Wildman–Crippen MR) is 66.7 cm³/mol. The lowest BCUT2D eigenvalue weighted by Crippen LogP contribution is -2.44. The molecule has 0 aromatic carbocycles. The number of carbonyl (C=O) groups is 1. The van der Waals surface area contributed by atoms with Crippen molar-refractivity contribution in [2.75, 3.05) is 6.54 Å². The van der Waals surface area contributed by atoms with E-state index in [0.717, 1.165) is 38.6 Å². The maximum Gasteiger partial charge on any atom is 0.221 e. The zero-order valence-electron chi connectivity index (χ0n) is 10.5. The molecule has 4 nitrogen and oxygen atoms in total. The van der Waals surface area contributed by atoms with Gasteiger partial charge in [0.1, 0.15) is 0 Å². The van der Waals surface area contributed by atoms with Gasteiger partial charge >= 0.3 is 0 Å². The smallest absolute Gasteiger partial charge is 0.221 e. The highest BCUT2D eigenvalue weighted by Crippen LogP contribution is 2.18. The fraction of sp³-hybridized carbons (Fsp3) is 0.923. The van der Waals surface area contributed by atoms with Gasteiger partial charge in [-0.25, -0.2) is 0 Å². The maximum atomic E-state index is 11.9. The molecule has 1 saturated carbocycles. The van der Waals surface area contributed by atoms with Crippen molar-refractivity contribution in [1.29, 1.82) is 0 Å². The van der Waals surface area contributed by atoms with E-state index in [4.69, 9.17) is 0 Å². The number of amides is 1. The van der Waals surface area contributed by atoms with E-state index in [1.54, 1.807) is 0 Å². The molecule has 1 aliphatic heterocycles. The highest BCUT2D eigenvalue weighted by molar-refractivity contribution is 5.77. The van der Waals surface area contributed by atoms with Gasteiger partial charge in [-0.15, -0.1) is 0 Å². The Morgan fingerprint density at radius 1 is 1.18 bits per heavy atom. The molecule has 2 fully saturated rings. The van der Waals surface area contributed by atoms with Gasteiger partial charge in [0.2, 0.25) is 5.91 Å². The summed E-state index contributed by atoms with van der Waals surface area (Å²) in [4.78, 5) is 11.9. The van der Waals surface area contributed by atoms with E-state index in [1.807, 2.05) is 0 Å². The molecule has 1 heterocycles. The van der Waals surface area contributed by atoms with Crippen LogP contribution in [0.1, 0.15) is 51.4 Å². The summed E-state index contributed by atoms with van der Waals surface area (Å²) < 4.78 is 0. The molecule has 3 N–H and O–H groups in total. The third kappa shape index (κ3) is 3.96. The van der Waals surface area contributed by atoms with Gasteiger partial charge in [-0.05, 0) is 32.2 Å². The lowest BCUT2D eigenvalue weighted by Gasteiger charge is -2.22. The maximum absolute atomic E-state index is 11.9. The van der Waals surface area contributed by atoms with Gasteiger partial charge in [0.15, 0.2) is 0 Å². The van der Waals surface area contributed by atoms with Gasteiger partial charge < -0.3 is 15.7 Å². The first-order valence-electron chi connectivity index (χ1n) is 6.96. The van der Waals surface area contributed by atoms with Crippen LogP contribution in [-0.2, 0) is 4.79 Å². The van der Waals surface area contributed by atoms with Gasteiger partial charge in [0.25, 0.3) is 0 Å². The number of hydrogen-bond acceptors (Lipinski definition) is 3. The Hall–Kier alpha value is -0.610. The molecule has 1 aliphatic carbocycles. The van der Waals surface area contributed by atoms with E-state index in [2.05, 4.69) is 10.6 Å². The standard InChI is InChI=1S/C13H24N2O2/c16-12-7-3-1-2-6-11(12)15-13(17)9-10-5-4-8-14-10/h10-12,14,16H,1-9H2,(H,15,17). The Balaban J connectivity index is 1.75. The summed E-state index contributed by atoms with van der Waals surface area (Å²) >= 11 is 0. The Kier molecular flexibility index (Phi) is 4.80. The van der Waals surface area contributed by atoms with Gasteiger partial charge in [-0.3, -0.25) is 4.79 Å². The quantitative estimate of drug-likeness (QED) is 0.643. The molecule has 0 aromatic heterocycles. The third-order valence-electron chi connectivity index (χ3n) is 3.92. The van der Waals surface area contributed by atoms with Gasteiger partial charge in [-0.2, -0.15) is 0 Å². The SMILES string of the molecule is O=C(CC1CCCN1)NC1CCCCCC1O. The van der Waals surface area contributed by atoms with E-state index in [9.17, 15) is 9.90 Å². The first-order valence-corrected chi connectivity index (χ1v) is 6.96. The Labute approximate surface area is 103 Å². The summed E-state index contributed by atoms with van der Waals surface area (Å²) in [5.74, 6) is 0.0929. The summed E-state index contributed by atoms with van der Waals surface area (Å²) in [6.07, 6.45) is 7.60. The van der Waals surface area contributed by atoms with E-state index in [0.29, 0.717) is 12.5 Å². The summed E-state index contributed by atoms with van der Waals surface area (Å²) in [5.41, 5.74) is 0. The molecule has 0 spiro atoms. The number of hydrogen-bond donors (Lipinski definition) is 3. The van der Waals surface area contributed by atoms with Crippen LogP contribution >= 0.6 is 0 Å². The molecule has 17 heavy (non-hydrogen) atoms. The normalized spacial score (nSPS) is 34.3. The van der Waals surface area contributed by atoms with Gasteiger partial charge in [0, 0.05) is 12.5 Å². The molecule has 1 amide bonds. The first kappa shape index (κ1) is 12.8. The molecule has 0 aromatic rings. The average molecular weight is 240 g/mol. The summed E-state index contributed by atoms with van der Waals surface area (Å²) in [6.45, 7) is 1.03. The van der Waals surface area contributed by atoms with Gasteiger partial charge in [0.05, 0.1) is 12.1 Å². The molecule has 4 heteroatoms. The second-order valence-corrected chi connectivity index (χ2v) is 5.38. The van der Waals surface area contributed by atoms with Crippen LogP contribution in [0.15, 0.2) is 0 Å². The molecule has 1 saturated heterocycles.